The highest BCUT2D eigenvalue weighted by Crippen LogP contribution is 2.18. The molecule has 0 unspecified atom stereocenters. The van der Waals surface area contributed by atoms with E-state index >= 15 is 0 Å². The van der Waals surface area contributed by atoms with Crippen molar-refractivity contribution in [3.05, 3.63) is 64.5 Å². The van der Waals surface area contributed by atoms with Crippen LogP contribution in [0.5, 0.6) is 5.75 Å². The van der Waals surface area contributed by atoms with Gasteiger partial charge in [0, 0.05) is 13.1 Å². The molecule has 122 valence electrons. The highest BCUT2D eigenvalue weighted by atomic mass is 32.1. The molecule has 1 heterocycles. The number of thiazole rings is 1. The van der Waals surface area contributed by atoms with Crippen molar-refractivity contribution in [1.82, 2.24) is 4.57 Å². The van der Waals surface area contributed by atoms with Gasteiger partial charge in [0.25, 0.3) is 5.91 Å². The molecule has 0 atom stereocenters. The van der Waals surface area contributed by atoms with Gasteiger partial charge in [0.2, 0.25) is 0 Å². The monoisotopic (exact) mass is 338 g/mol. The van der Waals surface area contributed by atoms with E-state index in [0.717, 1.165) is 21.5 Å². The number of amides is 1. The summed E-state index contributed by atoms with van der Waals surface area (Å²) >= 11 is 1.52. The predicted molar refractivity (Wildman–Crippen MR) is 98.1 cm³/mol. The van der Waals surface area contributed by atoms with Crippen molar-refractivity contribution < 1.29 is 9.53 Å². The fourth-order valence-electron chi connectivity index (χ4n) is 2.36. The summed E-state index contributed by atoms with van der Waals surface area (Å²) in [7, 11) is 3.55. The van der Waals surface area contributed by atoms with Crippen LogP contribution in [0.1, 0.15) is 11.1 Å². The van der Waals surface area contributed by atoms with E-state index in [9.17, 15) is 4.79 Å². The summed E-state index contributed by atoms with van der Waals surface area (Å²) in [6.07, 6.45) is 3.24. The Balaban J connectivity index is 1.86. The number of hydrogen-bond acceptors (Lipinski definition) is 3. The van der Waals surface area contributed by atoms with Crippen LogP contribution >= 0.6 is 11.3 Å². The lowest BCUT2D eigenvalue weighted by atomic mass is 10.2. The largest absolute Gasteiger partial charge is 0.497 e. The third-order valence-corrected chi connectivity index (χ3v) is 4.80. The Bertz CT molecular complexity index is 979. The first-order chi connectivity index (χ1) is 11.6. The Morgan fingerprint density at radius 2 is 1.96 bits per heavy atom. The summed E-state index contributed by atoms with van der Waals surface area (Å²) in [6.45, 7) is 2.05. The van der Waals surface area contributed by atoms with Gasteiger partial charge in [0.15, 0.2) is 4.80 Å². The molecule has 0 spiro atoms. The topological polar surface area (TPSA) is 43.6 Å². The first-order valence-electron chi connectivity index (χ1n) is 7.54. The normalized spacial score (nSPS) is 12.2. The molecule has 0 saturated carbocycles. The summed E-state index contributed by atoms with van der Waals surface area (Å²) in [5.74, 6) is 0.514. The Hall–Kier alpha value is -2.66. The first-order valence-corrected chi connectivity index (χ1v) is 8.35. The minimum atomic E-state index is -0.273. The lowest BCUT2D eigenvalue weighted by Crippen LogP contribution is -2.12. The van der Waals surface area contributed by atoms with E-state index < -0.39 is 0 Å². The van der Waals surface area contributed by atoms with Crippen LogP contribution in [0.4, 0.5) is 0 Å². The van der Waals surface area contributed by atoms with E-state index in [1.807, 2.05) is 35.9 Å². The van der Waals surface area contributed by atoms with Gasteiger partial charge in [-0.05, 0) is 48.4 Å². The number of rotatable bonds is 3. The zero-order chi connectivity index (χ0) is 17.1. The molecule has 0 aliphatic heterocycles. The molecule has 24 heavy (non-hydrogen) atoms. The van der Waals surface area contributed by atoms with Crippen molar-refractivity contribution >= 4 is 33.5 Å². The van der Waals surface area contributed by atoms with Gasteiger partial charge in [-0.15, -0.1) is 0 Å². The van der Waals surface area contributed by atoms with Crippen LogP contribution in [0.2, 0.25) is 0 Å². The lowest BCUT2D eigenvalue weighted by molar-refractivity contribution is -0.113. The third kappa shape index (κ3) is 3.46. The van der Waals surface area contributed by atoms with E-state index in [1.54, 1.807) is 13.2 Å². The van der Waals surface area contributed by atoms with Crippen LogP contribution in [-0.2, 0) is 11.8 Å². The molecule has 2 aromatic carbocycles. The van der Waals surface area contributed by atoms with Crippen molar-refractivity contribution in [1.29, 1.82) is 0 Å². The number of carbonyl (C=O) groups is 1. The molecule has 0 fully saturated rings. The smallest absolute Gasteiger partial charge is 0.272 e. The molecule has 0 aliphatic rings. The van der Waals surface area contributed by atoms with Gasteiger partial charge in [-0.3, -0.25) is 4.79 Å². The zero-order valence-electron chi connectivity index (χ0n) is 13.8. The standard InChI is InChI=1S/C19H18N2O2S/c1-13-4-10-16-17(12-13)24-19(21(16)2)20-18(22)11-7-14-5-8-15(23-3)9-6-14/h4-12H,1-3H3/b11-7+,20-19?. The van der Waals surface area contributed by atoms with Crippen LogP contribution in [0.3, 0.4) is 0 Å². The summed E-state index contributed by atoms with van der Waals surface area (Å²) in [4.78, 5) is 17.0. The maximum atomic E-state index is 12.1. The maximum Gasteiger partial charge on any atom is 0.272 e. The Labute approximate surface area is 144 Å². The highest BCUT2D eigenvalue weighted by Gasteiger charge is 2.03. The van der Waals surface area contributed by atoms with E-state index in [1.165, 1.54) is 23.0 Å². The number of aromatic nitrogens is 1. The number of nitrogens with zero attached hydrogens (tertiary/aromatic N) is 2. The van der Waals surface area contributed by atoms with Gasteiger partial charge in [0.05, 0.1) is 17.3 Å². The van der Waals surface area contributed by atoms with Gasteiger partial charge in [-0.1, -0.05) is 29.5 Å². The van der Waals surface area contributed by atoms with Crippen molar-refractivity contribution in [3.8, 4) is 5.75 Å². The average Bonchev–Trinajstić information content (AvgIpc) is 2.88. The number of methoxy groups -OCH3 is 1. The van der Waals surface area contributed by atoms with Crippen LogP contribution in [0, 0.1) is 6.92 Å². The fraction of sp³-hybridized carbons (Fsp3) is 0.158. The molecule has 0 N–H and O–H groups in total. The maximum absolute atomic E-state index is 12.1. The SMILES string of the molecule is COc1ccc(/C=C/C(=O)N=c2sc3cc(C)ccc3n2C)cc1. The number of ether oxygens (including phenoxy) is 1. The van der Waals surface area contributed by atoms with Crippen molar-refractivity contribution in [3.63, 3.8) is 0 Å². The van der Waals surface area contributed by atoms with Gasteiger partial charge >= 0.3 is 0 Å². The molecular weight excluding hydrogens is 320 g/mol. The minimum absolute atomic E-state index is 0.273. The molecule has 0 saturated heterocycles. The first kappa shape index (κ1) is 16.2. The molecule has 1 aromatic heterocycles. The second-order valence-corrected chi connectivity index (χ2v) is 6.48. The second-order valence-electron chi connectivity index (χ2n) is 5.47. The molecule has 1 amide bonds. The van der Waals surface area contributed by atoms with Gasteiger partial charge in [-0.2, -0.15) is 4.99 Å². The van der Waals surface area contributed by atoms with Crippen LogP contribution in [0.25, 0.3) is 16.3 Å². The number of aryl methyl sites for hydroxylation is 2. The van der Waals surface area contributed by atoms with E-state index in [4.69, 9.17) is 4.74 Å². The number of hydrogen-bond donors (Lipinski definition) is 0. The van der Waals surface area contributed by atoms with Crippen LogP contribution in [-0.4, -0.2) is 17.6 Å². The molecule has 3 aromatic rings. The fourth-order valence-corrected chi connectivity index (χ4v) is 3.48. The molecule has 0 bridgehead atoms. The quantitative estimate of drug-likeness (QED) is 0.684. The summed E-state index contributed by atoms with van der Waals surface area (Å²) in [5, 5.41) is 0. The van der Waals surface area contributed by atoms with E-state index in [0.29, 0.717) is 4.80 Å². The van der Waals surface area contributed by atoms with Gasteiger partial charge in [-0.25, -0.2) is 0 Å². The molecular formula is C19H18N2O2S. The van der Waals surface area contributed by atoms with Crippen LogP contribution < -0.4 is 9.54 Å². The van der Waals surface area contributed by atoms with E-state index in [-0.39, 0.29) is 5.91 Å². The van der Waals surface area contributed by atoms with Crippen molar-refractivity contribution in [2.45, 2.75) is 6.92 Å². The molecule has 4 nitrogen and oxygen atoms in total. The molecule has 0 radical (unpaired) electrons. The number of benzene rings is 2. The van der Waals surface area contributed by atoms with Crippen molar-refractivity contribution in [2.75, 3.05) is 7.11 Å². The Morgan fingerprint density at radius 1 is 1.21 bits per heavy atom. The lowest BCUT2D eigenvalue weighted by Gasteiger charge is -1.98. The molecule has 0 aliphatic carbocycles. The van der Waals surface area contributed by atoms with E-state index in [2.05, 4.69) is 30.1 Å². The minimum Gasteiger partial charge on any atom is -0.497 e. The third-order valence-electron chi connectivity index (χ3n) is 3.70. The zero-order valence-corrected chi connectivity index (χ0v) is 14.6. The average molecular weight is 338 g/mol. The number of fused-ring (bicyclic) bond motifs is 1. The van der Waals surface area contributed by atoms with Gasteiger partial charge in [0.1, 0.15) is 5.75 Å². The molecule has 3 rings (SSSR count). The second kappa shape index (κ2) is 6.84. The Kier molecular flexibility index (Phi) is 4.62. The summed E-state index contributed by atoms with van der Waals surface area (Å²) in [5.41, 5.74) is 3.20. The van der Waals surface area contributed by atoms with Crippen LogP contribution in [0.15, 0.2) is 53.5 Å². The van der Waals surface area contributed by atoms with Crippen molar-refractivity contribution in [2.24, 2.45) is 12.0 Å². The number of carbonyl (C=O) groups excluding carboxylic acids is 1. The predicted octanol–water partition coefficient (Wildman–Crippen LogP) is 3.70. The van der Waals surface area contributed by atoms with Gasteiger partial charge < -0.3 is 9.30 Å². The summed E-state index contributed by atoms with van der Waals surface area (Å²) in [6, 6.07) is 13.7. The Morgan fingerprint density at radius 3 is 2.67 bits per heavy atom. The molecule has 5 heteroatoms. The summed E-state index contributed by atoms with van der Waals surface area (Å²) < 4.78 is 8.18. The highest BCUT2D eigenvalue weighted by molar-refractivity contribution is 7.16.